The molecule has 0 aliphatic carbocycles. The molecule has 0 atom stereocenters. The summed E-state index contributed by atoms with van der Waals surface area (Å²) in [7, 11) is -5.31. The summed E-state index contributed by atoms with van der Waals surface area (Å²) in [4.78, 5) is -0.153. The second-order valence-corrected chi connectivity index (χ2v) is 25.2. The predicted octanol–water partition coefficient (Wildman–Crippen LogP) is -1.84. The van der Waals surface area contributed by atoms with Crippen molar-refractivity contribution in [1.82, 2.24) is 0 Å². The van der Waals surface area contributed by atoms with E-state index >= 15 is 0 Å². The van der Waals surface area contributed by atoms with Gasteiger partial charge in [0.05, 0.1) is 0 Å². The maximum atomic E-state index is 10.6. The second-order valence-electron chi connectivity index (χ2n) is 2.18. The van der Waals surface area contributed by atoms with Crippen LogP contribution in [0.15, 0.2) is 29.2 Å². The molecular formula is C6H4AsI2NaO3S. The van der Waals surface area contributed by atoms with E-state index in [2.05, 4.69) is 40.3 Å². The molecule has 0 aliphatic heterocycles. The van der Waals surface area contributed by atoms with Crippen LogP contribution in [0.5, 0.6) is 0 Å². The molecule has 0 radical (unpaired) electrons. The Kier molecular flexibility index (Phi) is 7.82. The fourth-order valence-electron chi connectivity index (χ4n) is 0.725. The zero-order valence-corrected chi connectivity index (χ0v) is 16.2. The third-order valence-electron chi connectivity index (χ3n) is 1.32. The molecule has 0 saturated heterocycles. The van der Waals surface area contributed by atoms with E-state index in [1.807, 2.05) is 0 Å². The van der Waals surface area contributed by atoms with Gasteiger partial charge in [0.2, 0.25) is 0 Å². The molecule has 0 spiro atoms. The van der Waals surface area contributed by atoms with Gasteiger partial charge in [0.1, 0.15) is 0 Å². The van der Waals surface area contributed by atoms with Crippen LogP contribution in [0.4, 0.5) is 0 Å². The summed E-state index contributed by atoms with van der Waals surface area (Å²) in [6.45, 7) is 0. The van der Waals surface area contributed by atoms with Crippen molar-refractivity contribution in [3.8, 4) is 0 Å². The minimum absolute atomic E-state index is 0. The molecule has 14 heavy (non-hydrogen) atoms. The van der Waals surface area contributed by atoms with Gasteiger partial charge in [-0.3, -0.25) is 0 Å². The van der Waals surface area contributed by atoms with Gasteiger partial charge in [0.15, 0.2) is 0 Å². The molecule has 0 N–H and O–H groups in total. The maximum absolute atomic E-state index is 10.6. The monoisotopic (exact) mass is 508 g/mol. The van der Waals surface area contributed by atoms with E-state index in [0.29, 0.717) is 0 Å². The van der Waals surface area contributed by atoms with E-state index in [1.54, 1.807) is 12.1 Å². The largest absolute Gasteiger partial charge is 1.00 e. The minimum atomic E-state index is -4.28. The van der Waals surface area contributed by atoms with Gasteiger partial charge in [-0.05, 0) is 0 Å². The third kappa shape index (κ3) is 4.99. The van der Waals surface area contributed by atoms with Crippen LogP contribution in [0.25, 0.3) is 0 Å². The summed E-state index contributed by atoms with van der Waals surface area (Å²) in [6, 6.07) is 6.17. The molecule has 3 nitrogen and oxygen atoms in total. The Morgan fingerprint density at radius 2 is 1.57 bits per heavy atom. The first kappa shape index (κ1) is 16.1. The molecule has 8 heteroatoms. The smallest absolute Gasteiger partial charge is 1.00 e. The Hall–Kier alpha value is 2.15. The van der Waals surface area contributed by atoms with Crippen LogP contribution >= 0.6 is 40.3 Å². The maximum Gasteiger partial charge on any atom is 1.00 e. The minimum Gasteiger partial charge on any atom is 1.00 e. The van der Waals surface area contributed by atoms with Gasteiger partial charge in [-0.2, -0.15) is 0 Å². The number of rotatable bonds is 2. The predicted molar refractivity (Wildman–Crippen MR) is 67.8 cm³/mol. The third-order valence-corrected chi connectivity index (χ3v) is 9.40. The average Bonchev–Trinajstić information content (AvgIpc) is 2.03. The molecule has 1 rings (SSSR count). The van der Waals surface area contributed by atoms with Gasteiger partial charge in [-0.25, -0.2) is 0 Å². The fraction of sp³-hybridized carbons (Fsp3) is 0. The average molecular weight is 508 g/mol. The van der Waals surface area contributed by atoms with Crippen LogP contribution in [-0.2, 0) is 10.1 Å². The van der Waals surface area contributed by atoms with E-state index in [0.717, 1.165) is 4.35 Å². The Labute approximate surface area is 132 Å². The normalized spacial score (nSPS) is 11.1. The van der Waals surface area contributed by atoms with Crippen LogP contribution in [0, 0.1) is 0 Å². The van der Waals surface area contributed by atoms with E-state index in [4.69, 9.17) is 0 Å². The van der Waals surface area contributed by atoms with Gasteiger partial charge >= 0.3 is 134 Å². The topological polar surface area (TPSA) is 57.2 Å². The van der Waals surface area contributed by atoms with Gasteiger partial charge in [0, 0.05) is 0 Å². The molecule has 0 amide bonds. The number of benzene rings is 1. The summed E-state index contributed by atoms with van der Waals surface area (Å²) in [5.74, 6) is 0. The number of hydrogen-bond acceptors (Lipinski definition) is 3. The molecule has 72 valence electrons. The van der Waals surface area contributed by atoms with Crippen molar-refractivity contribution in [3.63, 3.8) is 0 Å². The quantitative estimate of drug-likeness (QED) is 0.269. The van der Waals surface area contributed by atoms with E-state index in [1.165, 1.54) is 12.1 Å². The summed E-state index contributed by atoms with van der Waals surface area (Å²) in [6.07, 6.45) is 0. The van der Waals surface area contributed by atoms with Gasteiger partial charge in [-0.1, -0.05) is 0 Å². The van der Waals surface area contributed by atoms with Crippen LogP contribution < -0.4 is 33.9 Å². The van der Waals surface area contributed by atoms with Gasteiger partial charge in [0.25, 0.3) is 0 Å². The molecule has 0 fully saturated rings. The van der Waals surface area contributed by atoms with Crippen LogP contribution in [0.2, 0.25) is 0 Å². The molecule has 0 aliphatic rings. The zero-order chi connectivity index (χ0) is 10.1. The summed E-state index contributed by atoms with van der Waals surface area (Å²) < 4.78 is 32.8. The molecule has 0 saturated carbocycles. The fourth-order valence-corrected chi connectivity index (χ4v) is 5.32. The first-order valence-corrected chi connectivity index (χ1v) is 16.9. The van der Waals surface area contributed by atoms with E-state index < -0.39 is 18.1 Å². The summed E-state index contributed by atoms with van der Waals surface area (Å²) in [5, 5.41) is 0. The van der Waals surface area contributed by atoms with E-state index in [-0.39, 0.29) is 34.5 Å². The Balaban J connectivity index is 0.00000169. The van der Waals surface area contributed by atoms with E-state index in [9.17, 15) is 13.0 Å². The first-order chi connectivity index (χ1) is 5.91. The van der Waals surface area contributed by atoms with Crippen molar-refractivity contribution in [2.24, 2.45) is 0 Å². The van der Waals surface area contributed by atoms with Crippen LogP contribution in [0.1, 0.15) is 0 Å². The Bertz CT molecular complexity index is 392. The van der Waals surface area contributed by atoms with Crippen molar-refractivity contribution >= 4 is 62.7 Å². The standard InChI is InChI=1S/C6H5AsI2O3S.Na/c8-7(9)5-1-3-6(4-2-5)13(10,11)12;/h1-4H,(H,10,11,12);/q;+1/p-1. The van der Waals surface area contributed by atoms with Crippen LogP contribution in [0.3, 0.4) is 0 Å². The molecule has 1 aromatic rings. The summed E-state index contributed by atoms with van der Waals surface area (Å²) in [5.41, 5.74) is 0. The number of hydrogen-bond donors (Lipinski definition) is 0. The number of halogens is 2. The van der Waals surface area contributed by atoms with Crippen LogP contribution in [-0.4, -0.2) is 20.9 Å². The van der Waals surface area contributed by atoms with Crippen molar-refractivity contribution < 1.29 is 42.5 Å². The first-order valence-electron chi connectivity index (χ1n) is 3.09. The SMILES string of the molecule is O=S(=O)([O-])c1ccc([As](I)I)cc1.[Na+]. The van der Waals surface area contributed by atoms with Crippen molar-refractivity contribution in [2.75, 3.05) is 0 Å². The van der Waals surface area contributed by atoms with Crippen molar-refractivity contribution in [2.45, 2.75) is 4.90 Å². The molecular weight excluding hydrogens is 504 g/mol. The Morgan fingerprint density at radius 3 is 1.86 bits per heavy atom. The molecule has 0 heterocycles. The zero-order valence-electron chi connectivity index (χ0n) is 7.15. The molecule has 0 bridgehead atoms. The van der Waals surface area contributed by atoms with Gasteiger partial charge < -0.3 is 0 Å². The van der Waals surface area contributed by atoms with Crippen molar-refractivity contribution in [3.05, 3.63) is 24.3 Å². The second kappa shape index (κ2) is 6.78. The van der Waals surface area contributed by atoms with Gasteiger partial charge in [-0.15, -0.1) is 0 Å². The molecule has 0 unspecified atom stereocenters. The van der Waals surface area contributed by atoms with Crippen molar-refractivity contribution in [1.29, 1.82) is 0 Å². The molecule has 1 aromatic carbocycles. The Morgan fingerprint density at radius 1 is 1.14 bits per heavy atom. The molecule has 0 aromatic heterocycles. The summed E-state index contributed by atoms with van der Waals surface area (Å²) >= 11 is 4.69.